The van der Waals surface area contributed by atoms with E-state index in [2.05, 4.69) is 4.98 Å². The Morgan fingerprint density at radius 3 is 3.00 bits per heavy atom. The normalized spacial score (nSPS) is 29.6. The van der Waals surface area contributed by atoms with Crippen molar-refractivity contribution in [1.82, 2.24) is 9.88 Å². The summed E-state index contributed by atoms with van der Waals surface area (Å²) in [6.45, 7) is 3.09. The SMILES string of the molecule is Cc1ccc(O)c(CN2CC3CCCC3C2C(=O)O)n1. The molecule has 0 radical (unpaired) electrons. The maximum absolute atomic E-state index is 11.6. The van der Waals surface area contributed by atoms with Crippen LogP contribution in [0.5, 0.6) is 5.75 Å². The van der Waals surface area contributed by atoms with E-state index in [1.54, 1.807) is 12.1 Å². The highest BCUT2D eigenvalue weighted by molar-refractivity contribution is 5.74. The van der Waals surface area contributed by atoms with E-state index in [4.69, 9.17) is 0 Å². The number of hydrogen-bond acceptors (Lipinski definition) is 4. The number of carboxylic acids is 1. The summed E-state index contributed by atoms with van der Waals surface area (Å²) in [5.41, 5.74) is 1.42. The Bertz CT molecular complexity index is 532. The van der Waals surface area contributed by atoms with Crippen LogP contribution in [0.3, 0.4) is 0 Å². The lowest BCUT2D eigenvalue weighted by Crippen LogP contribution is -2.39. The molecule has 0 spiro atoms. The number of fused-ring (bicyclic) bond motifs is 1. The summed E-state index contributed by atoms with van der Waals surface area (Å²) < 4.78 is 0. The van der Waals surface area contributed by atoms with Crippen LogP contribution in [0.1, 0.15) is 30.7 Å². The zero-order chi connectivity index (χ0) is 14.3. The van der Waals surface area contributed by atoms with Crippen molar-refractivity contribution in [1.29, 1.82) is 0 Å². The van der Waals surface area contributed by atoms with Crippen molar-refractivity contribution in [2.75, 3.05) is 6.54 Å². The molecular formula is C15H20N2O3. The number of aromatic hydroxyl groups is 1. The quantitative estimate of drug-likeness (QED) is 0.880. The summed E-state index contributed by atoms with van der Waals surface area (Å²) in [5.74, 6) is 0.158. The van der Waals surface area contributed by atoms with Crippen molar-refractivity contribution in [3.05, 3.63) is 23.5 Å². The van der Waals surface area contributed by atoms with Crippen LogP contribution in [0.15, 0.2) is 12.1 Å². The second-order valence-electron chi connectivity index (χ2n) is 5.99. The molecule has 3 atom stereocenters. The average Bonchev–Trinajstić information content (AvgIpc) is 2.93. The molecule has 3 rings (SSSR count). The molecular weight excluding hydrogens is 256 g/mol. The summed E-state index contributed by atoms with van der Waals surface area (Å²) in [4.78, 5) is 17.9. The molecule has 1 aliphatic carbocycles. The summed E-state index contributed by atoms with van der Waals surface area (Å²) in [5, 5.41) is 19.4. The van der Waals surface area contributed by atoms with E-state index in [9.17, 15) is 15.0 Å². The van der Waals surface area contributed by atoms with Gasteiger partial charge < -0.3 is 10.2 Å². The molecule has 2 N–H and O–H groups in total. The third-order valence-corrected chi connectivity index (χ3v) is 4.68. The first kappa shape index (κ1) is 13.4. The number of aromatic nitrogens is 1. The van der Waals surface area contributed by atoms with Crippen LogP contribution >= 0.6 is 0 Å². The van der Waals surface area contributed by atoms with Crippen molar-refractivity contribution in [2.45, 2.75) is 38.8 Å². The zero-order valence-electron chi connectivity index (χ0n) is 11.6. The fraction of sp³-hybridized carbons (Fsp3) is 0.600. The lowest BCUT2D eigenvalue weighted by Gasteiger charge is -2.24. The third-order valence-electron chi connectivity index (χ3n) is 4.68. The van der Waals surface area contributed by atoms with Crippen LogP contribution < -0.4 is 0 Å². The van der Waals surface area contributed by atoms with Gasteiger partial charge in [0, 0.05) is 18.8 Å². The Morgan fingerprint density at radius 1 is 1.45 bits per heavy atom. The molecule has 1 aliphatic heterocycles. The number of rotatable bonds is 3. The molecule has 5 heteroatoms. The first-order valence-corrected chi connectivity index (χ1v) is 7.18. The molecule has 1 saturated carbocycles. The summed E-state index contributed by atoms with van der Waals surface area (Å²) in [6, 6.07) is 2.96. The minimum Gasteiger partial charge on any atom is -0.506 e. The molecule has 2 aliphatic rings. The first-order valence-electron chi connectivity index (χ1n) is 7.18. The highest BCUT2D eigenvalue weighted by Crippen LogP contribution is 2.42. The van der Waals surface area contributed by atoms with Gasteiger partial charge in [-0.3, -0.25) is 14.7 Å². The number of pyridine rings is 1. The second kappa shape index (κ2) is 5.05. The van der Waals surface area contributed by atoms with Gasteiger partial charge in [-0.25, -0.2) is 0 Å². The predicted molar refractivity (Wildman–Crippen MR) is 73.3 cm³/mol. The minimum absolute atomic E-state index is 0.150. The number of likely N-dealkylation sites (tertiary alicyclic amines) is 1. The molecule has 1 aromatic rings. The van der Waals surface area contributed by atoms with Crippen molar-refractivity contribution in [3.63, 3.8) is 0 Å². The number of nitrogens with zero attached hydrogens (tertiary/aromatic N) is 2. The van der Waals surface area contributed by atoms with Crippen LogP contribution in [0.4, 0.5) is 0 Å². The molecule has 20 heavy (non-hydrogen) atoms. The largest absolute Gasteiger partial charge is 0.506 e. The van der Waals surface area contributed by atoms with Gasteiger partial charge in [-0.05, 0) is 43.7 Å². The van der Waals surface area contributed by atoms with Crippen LogP contribution in [-0.2, 0) is 11.3 Å². The number of carbonyl (C=O) groups is 1. The number of aryl methyl sites for hydroxylation is 1. The summed E-state index contributed by atoms with van der Waals surface area (Å²) in [6.07, 6.45) is 3.27. The Kier molecular flexibility index (Phi) is 3.38. The van der Waals surface area contributed by atoms with Gasteiger partial charge in [0.25, 0.3) is 0 Å². The van der Waals surface area contributed by atoms with Crippen molar-refractivity contribution < 1.29 is 15.0 Å². The molecule has 0 bridgehead atoms. The Hall–Kier alpha value is -1.62. The van der Waals surface area contributed by atoms with E-state index in [0.717, 1.165) is 31.5 Å². The van der Waals surface area contributed by atoms with Gasteiger partial charge in [-0.1, -0.05) is 6.42 Å². The second-order valence-corrected chi connectivity index (χ2v) is 5.99. The van der Waals surface area contributed by atoms with E-state index < -0.39 is 12.0 Å². The summed E-state index contributed by atoms with van der Waals surface area (Å²) >= 11 is 0. The Balaban J connectivity index is 1.82. The van der Waals surface area contributed by atoms with Gasteiger partial charge in [-0.2, -0.15) is 0 Å². The maximum Gasteiger partial charge on any atom is 0.321 e. The Morgan fingerprint density at radius 2 is 2.25 bits per heavy atom. The molecule has 2 fully saturated rings. The van der Waals surface area contributed by atoms with Gasteiger partial charge in [-0.15, -0.1) is 0 Å². The first-order chi connectivity index (χ1) is 9.56. The highest BCUT2D eigenvalue weighted by atomic mass is 16.4. The highest BCUT2D eigenvalue weighted by Gasteiger charge is 2.47. The van der Waals surface area contributed by atoms with E-state index >= 15 is 0 Å². The lowest BCUT2D eigenvalue weighted by atomic mass is 9.94. The minimum atomic E-state index is -0.744. The molecule has 108 valence electrons. The van der Waals surface area contributed by atoms with E-state index in [-0.39, 0.29) is 11.7 Å². The van der Waals surface area contributed by atoms with Gasteiger partial charge in [0.05, 0.1) is 5.69 Å². The number of carboxylic acid groups (broad SMARTS) is 1. The van der Waals surface area contributed by atoms with E-state index in [1.807, 2.05) is 11.8 Å². The molecule has 1 saturated heterocycles. The van der Waals surface area contributed by atoms with E-state index in [1.165, 1.54) is 0 Å². The fourth-order valence-corrected chi connectivity index (χ4v) is 3.81. The molecule has 3 unspecified atom stereocenters. The van der Waals surface area contributed by atoms with Crippen LogP contribution in [0, 0.1) is 18.8 Å². The molecule has 0 aromatic carbocycles. The standard InChI is InChI=1S/C15H20N2O3/c1-9-5-6-13(18)12(16-9)8-17-7-10-3-2-4-11(10)14(17)15(19)20/h5-6,10-11,14,18H,2-4,7-8H2,1H3,(H,19,20). The third kappa shape index (κ3) is 2.26. The van der Waals surface area contributed by atoms with Crippen molar-refractivity contribution in [3.8, 4) is 5.75 Å². The number of aliphatic carboxylic acids is 1. The van der Waals surface area contributed by atoms with Crippen LogP contribution in [0.2, 0.25) is 0 Å². The molecule has 1 aromatic heterocycles. The topological polar surface area (TPSA) is 73.7 Å². The lowest BCUT2D eigenvalue weighted by molar-refractivity contribution is -0.143. The maximum atomic E-state index is 11.6. The average molecular weight is 276 g/mol. The molecule has 2 heterocycles. The molecule has 5 nitrogen and oxygen atoms in total. The molecule has 0 amide bonds. The number of hydrogen-bond donors (Lipinski definition) is 2. The summed E-state index contributed by atoms with van der Waals surface area (Å²) in [7, 11) is 0. The monoisotopic (exact) mass is 276 g/mol. The zero-order valence-corrected chi connectivity index (χ0v) is 11.6. The van der Waals surface area contributed by atoms with Gasteiger partial charge in [0.15, 0.2) is 0 Å². The van der Waals surface area contributed by atoms with E-state index in [0.29, 0.717) is 18.2 Å². The van der Waals surface area contributed by atoms with Gasteiger partial charge in [0.2, 0.25) is 0 Å². The van der Waals surface area contributed by atoms with Crippen molar-refractivity contribution in [2.24, 2.45) is 11.8 Å². The van der Waals surface area contributed by atoms with Gasteiger partial charge in [0.1, 0.15) is 11.8 Å². The predicted octanol–water partition coefficient (Wildman–Crippen LogP) is 1.78. The van der Waals surface area contributed by atoms with Gasteiger partial charge >= 0.3 is 5.97 Å². The van der Waals surface area contributed by atoms with Crippen LogP contribution in [-0.4, -0.2) is 38.7 Å². The smallest absolute Gasteiger partial charge is 0.321 e. The van der Waals surface area contributed by atoms with Crippen molar-refractivity contribution >= 4 is 5.97 Å². The van der Waals surface area contributed by atoms with Crippen LogP contribution in [0.25, 0.3) is 0 Å². The Labute approximate surface area is 118 Å². The fourth-order valence-electron chi connectivity index (χ4n) is 3.81.